The largest absolute Gasteiger partial charge is 0.468 e. The summed E-state index contributed by atoms with van der Waals surface area (Å²) < 4.78 is 33.1. The molecule has 2 aliphatic heterocycles. The van der Waals surface area contributed by atoms with E-state index < -0.39 is 27.6 Å². The number of methoxy groups -OCH3 is 1. The van der Waals surface area contributed by atoms with Crippen LogP contribution in [-0.4, -0.2) is 51.4 Å². The highest BCUT2D eigenvalue weighted by atomic mass is 32.2. The van der Waals surface area contributed by atoms with Gasteiger partial charge in [-0.25, -0.2) is 8.42 Å². The van der Waals surface area contributed by atoms with Crippen LogP contribution in [0.25, 0.3) is 0 Å². The minimum atomic E-state index is -3.07. The molecule has 1 N–H and O–H groups in total. The molecular weight excluding hydrogens is 234 g/mol. The van der Waals surface area contributed by atoms with Gasteiger partial charge in [-0.2, -0.15) is 0 Å². The summed E-state index contributed by atoms with van der Waals surface area (Å²) in [6.07, 6.45) is 1.17. The van der Waals surface area contributed by atoms with Crippen molar-refractivity contribution in [2.24, 2.45) is 0 Å². The van der Waals surface area contributed by atoms with Gasteiger partial charge in [0, 0.05) is 0 Å². The van der Waals surface area contributed by atoms with Crippen molar-refractivity contribution >= 4 is 15.8 Å². The van der Waals surface area contributed by atoms with Gasteiger partial charge in [0.2, 0.25) is 0 Å². The monoisotopic (exact) mass is 249 g/mol. The molecule has 0 aromatic carbocycles. The maximum atomic E-state index is 11.5. The third-order valence-corrected chi connectivity index (χ3v) is 4.76. The highest BCUT2D eigenvalue weighted by Gasteiger charge is 2.47. The quantitative estimate of drug-likeness (QED) is 0.604. The van der Waals surface area contributed by atoms with E-state index in [0.29, 0.717) is 12.8 Å². The Morgan fingerprint density at radius 1 is 1.56 bits per heavy atom. The lowest BCUT2D eigenvalue weighted by Crippen LogP contribution is -2.53. The Balaban J connectivity index is 2.09. The molecule has 0 aromatic heterocycles. The molecule has 0 aromatic rings. The van der Waals surface area contributed by atoms with Crippen LogP contribution >= 0.6 is 0 Å². The number of sulfone groups is 1. The number of hydrogen-bond donors (Lipinski definition) is 1. The summed E-state index contributed by atoms with van der Waals surface area (Å²) in [4.78, 5) is 11.3. The SMILES string of the molecule is COC(=O)C1COC2(CCCS(=O)(=O)C2)N1. The molecule has 2 atom stereocenters. The summed E-state index contributed by atoms with van der Waals surface area (Å²) in [6.45, 7) is 0.169. The third kappa shape index (κ3) is 2.21. The normalized spacial score (nSPS) is 37.4. The molecule has 1 spiro atoms. The molecule has 0 aliphatic carbocycles. The van der Waals surface area contributed by atoms with Crippen molar-refractivity contribution in [1.29, 1.82) is 0 Å². The van der Waals surface area contributed by atoms with Gasteiger partial charge in [0.1, 0.15) is 11.8 Å². The average Bonchev–Trinajstić information content (AvgIpc) is 2.59. The van der Waals surface area contributed by atoms with Gasteiger partial charge < -0.3 is 9.47 Å². The highest BCUT2D eigenvalue weighted by Crippen LogP contribution is 2.28. The zero-order valence-corrected chi connectivity index (χ0v) is 9.88. The topological polar surface area (TPSA) is 81.7 Å². The van der Waals surface area contributed by atoms with E-state index in [1.54, 1.807) is 0 Å². The van der Waals surface area contributed by atoms with E-state index in [4.69, 9.17) is 4.74 Å². The number of carbonyl (C=O) groups is 1. The second kappa shape index (κ2) is 3.97. The third-order valence-electron chi connectivity index (χ3n) is 2.94. The zero-order valence-electron chi connectivity index (χ0n) is 9.06. The summed E-state index contributed by atoms with van der Waals surface area (Å²) in [5, 5.41) is 2.94. The van der Waals surface area contributed by atoms with Crippen molar-refractivity contribution in [2.45, 2.75) is 24.6 Å². The van der Waals surface area contributed by atoms with Gasteiger partial charge in [-0.05, 0) is 12.8 Å². The van der Waals surface area contributed by atoms with Gasteiger partial charge >= 0.3 is 5.97 Å². The van der Waals surface area contributed by atoms with Crippen LogP contribution < -0.4 is 5.32 Å². The predicted molar refractivity (Wildman–Crippen MR) is 55.5 cm³/mol. The van der Waals surface area contributed by atoms with Gasteiger partial charge in [-0.1, -0.05) is 0 Å². The Hall–Kier alpha value is -0.660. The fourth-order valence-electron chi connectivity index (χ4n) is 2.22. The minimum Gasteiger partial charge on any atom is -0.468 e. The van der Waals surface area contributed by atoms with E-state index in [2.05, 4.69) is 10.1 Å². The Labute approximate surface area is 94.2 Å². The first-order valence-corrected chi connectivity index (χ1v) is 6.98. The molecule has 2 unspecified atom stereocenters. The van der Waals surface area contributed by atoms with Crippen LogP contribution in [-0.2, 0) is 24.1 Å². The molecule has 6 nitrogen and oxygen atoms in total. The molecule has 0 amide bonds. The second-order valence-corrected chi connectivity index (χ2v) is 6.41. The molecule has 2 saturated heterocycles. The first-order chi connectivity index (χ1) is 7.46. The number of nitrogens with one attached hydrogen (secondary N) is 1. The summed E-state index contributed by atoms with van der Waals surface area (Å²) in [7, 11) is -1.77. The molecule has 2 rings (SSSR count). The van der Waals surface area contributed by atoms with Crippen molar-refractivity contribution < 1.29 is 22.7 Å². The molecule has 2 heterocycles. The summed E-state index contributed by atoms with van der Waals surface area (Å²) in [5.41, 5.74) is -0.879. The standard InChI is InChI=1S/C9H15NO5S/c1-14-8(11)7-5-15-9(10-7)3-2-4-16(12,13)6-9/h7,10H,2-6H2,1H3. The Morgan fingerprint density at radius 2 is 2.31 bits per heavy atom. The van der Waals surface area contributed by atoms with Crippen molar-refractivity contribution in [2.75, 3.05) is 25.2 Å². The highest BCUT2D eigenvalue weighted by molar-refractivity contribution is 7.91. The molecule has 0 radical (unpaired) electrons. The Morgan fingerprint density at radius 3 is 2.94 bits per heavy atom. The van der Waals surface area contributed by atoms with Gasteiger partial charge in [0.15, 0.2) is 9.84 Å². The number of rotatable bonds is 1. The maximum Gasteiger partial charge on any atom is 0.325 e. The van der Waals surface area contributed by atoms with Gasteiger partial charge in [0.25, 0.3) is 0 Å². The van der Waals surface area contributed by atoms with Crippen LogP contribution in [0.5, 0.6) is 0 Å². The maximum absolute atomic E-state index is 11.5. The van der Waals surface area contributed by atoms with Crippen LogP contribution in [0.1, 0.15) is 12.8 Å². The van der Waals surface area contributed by atoms with Gasteiger partial charge in [0.05, 0.1) is 25.2 Å². The van der Waals surface area contributed by atoms with E-state index in [0.717, 1.165) is 0 Å². The van der Waals surface area contributed by atoms with Gasteiger partial charge in [-0.3, -0.25) is 10.1 Å². The van der Waals surface area contributed by atoms with Crippen LogP contribution in [0.4, 0.5) is 0 Å². The number of esters is 1. The van der Waals surface area contributed by atoms with Crippen molar-refractivity contribution in [3.63, 3.8) is 0 Å². The lowest BCUT2D eigenvalue weighted by Gasteiger charge is -2.32. The molecule has 16 heavy (non-hydrogen) atoms. The summed E-state index contributed by atoms with van der Waals surface area (Å²) in [6, 6.07) is -0.557. The van der Waals surface area contributed by atoms with E-state index in [1.165, 1.54) is 7.11 Å². The molecule has 2 aliphatic rings. The van der Waals surface area contributed by atoms with Crippen LogP contribution in [0.3, 0.4) is 0 Å². The predicted octanol–water partition coefficient (Wildman–Crippen LogP) is -0.947. The number of hydrogen-bond acceptors (Lipinski definition) is 6. The Kier molecular flexibility index (Phi) is 2.93. The lowest BCUT2D eigenvalue weighted by molar-refractivity contribution is -0.142. The summed E-state index contributed by atoms with van der Waals surface area (Å²) in [5.74, 6) is -0.282. The van der Waals surface area contributed by atoms with Crippen molar-refractivity contribution in [1.82, 2.24) is 5.32 Å². The van der Waals surface area contributed by atoms with Crippen molar-refractivity contribution in [3.8, 4) is 0 Å². The molecule has 7 heteroatoms. The fourth-order valence-corrected chi connectivity index (χ4v) is 3.97. The van der Waals surface area contributed by atoms with Crippen LogP contribution in [0.15, 0.2) is 0 Å². The van der Waals surface area contributed by atoms with E-state index in [9.17, 15) is 13.2 Å². The minimum absolute atomic E-state index is 0.0620. The average molecular weight is 249 g/mol. The van der Waals surface area contributed by atoms with E-state index >= 15 is 0 Å². The molecule has 92 valence electrons. The smallest absolute Gasteiger partial charge is 0.325 e. The first-order valence-electron chi connectivity index (χ1n) is 5.16. The van der Waals surface area contributed by atoms with E-state index in [-0.39, 0.29) is 18.1 Å². The van der Waals surface area contributed by atoms with E-state index in [1.807, 2.05) is 0 Å². The van der Waals surface area contributed by atoms with Crippen molar-refractivity contribution in [3.05, 3.63) is 0 Å². The molecule has 0 saturated carbocycles. The lowest BCUT2D eigenvalue weighted by atomic mass is 10.1. The number of carbonyl (C=O) groups excluding carboxylic acids is 1. The molecule has 2 fully saturated rings. The van der Waals surface area contributed by atoms with Gasteiger partial charge in [-0.15, -0.1) is 0 Å². The first kappa shape index (κ1) is 11.8. The molecular formula is C9H15NO5S. The second-order valence-electron chi connectivity index (χ2n) is 4.22. The Bertz CT molecular complexity index is 393. The number of ether oxygens (including phenoxy) is 2. The fraction of sp³-hybridized carbons (Fsp3) is 0.889. The van der Waals surface area contributed by atoms with Crippen LogP contribution in [0.2, 0.25) is 0 Å². The molecule has 0 bridgehead atoms. The summed E-state index contributed by atoms with van der Waals surface area (Å²) >= 11 is 0. The van der Waals surface area contributed by atoms with Crippen LogP contribution in [0, 0.1) is 0 Å². The zero-order chi connectivity index (χ0) is 11.8.